The van der Waals surface area contributed by atoms with Crippen molar-refractivity contribution >= 4 is 18.3 Å². The second-order valence-corrected chi connectivity index (χ2v) is 5.15. The minimum atomic E-state index is -0.0732. The van der Waals surface area contributed by atoms with Gasteiger partial charge in [-0.15, -0.1) is 17.5 Å². The summed E-state index contributed by atoms with van der Waals surface area (Å²) in [6.07, 6.45) is 3.54. The Morgan fingerprint density at radius 2 is 2.27 bits per heavy atom. The fourth-order valence-electron chi connectivity index (χ4n) is 2.56. The van der Waals surface area contributed by atoms with Crippen LogP contribution in [0.2, 0.25) is 0 Å². The topological polar surface area (TPSA) is 75.9 Å². The van der Waals surface area contributed by atoms with Crippen LogP contribution >= 0.6 is 12.4 Å². The standard InChI is InChI=1S/C14H18N6O.ClH/c1-10-13(17-18-19(10)2)14(21)20-7-6-16-9-12(20)11-4-3-5-15-8-11;/h3-5,8,12,16H,6-7,9H2,1-2H3;1H. The molecule has 1 unspecified atom stereocenters. The number of carbonyl (C=O) groups excluding carboxylic acids is 1. The maximum atomic E-state index is 12.8. The van der Waals surface area contributed by atoms with Crippen LogP contribution in [0.15, 0.2) is 24.5 Å². The van der Waals surface area contributed by atoms with Gasteiger partial charge in [0.25, 0.3) is 5.91 Å². The Morgan fingerprint density at radius 1 is 1.45 bits per heavy atom. The van der Waals surface area contributed by atoms with Crippen molar-refractivity contribution < 1.29 is 4.79 Å². The number of halogens is 1. The van der Waals surface area contributed by atoms with Crippen LogP contribution in [0.4, 0.5) is 0 Å². The van der Waals surface area contributed by atoms with Gasteiger partial charge in [-0.05, 0) is 18.6 Å². The third-order valence-electron chi connectivity index (χ3n) is 3.88. The van der Waals surface area contributed by atoms with Gasteiger partial charge in [-0.25, -0.2) is 0 Å². The summed E-state index contributed by atoms with van der Waals surface area (Å²) in [6.45, 7) is 4.00. The van der Waals surface area contributed by atoms with E-state index in [1.807, 2.05) is 30.2 Å². The van der Waals surface area contributed by atoms with Crippen molar-refractivity contribution in [3.63, 3.8) is 0 Å². The second kappa shape index (κ2) is 6.85. The SMILES string of the molecule is Cc1c(C(=O)N2CCNCC2c2cccnc2)nnn1C.Cl. The molecule has 118 valence electrons. The van der Waals surface area contributed by atoms with Gasteiger partial charge >= 0.3 is 0 Å². The number of pyridine rings is 1. The van der Waals surface area contributed by atoms with Crippen molar-refractivity contribution in [1.82, 2.24) is 30.2 Å². The van der Waals surface area contributed by atoms with Gasteiger partial charge in [0, 0.05) is 39.1 Å². The van der Waals surface area contributed by atoms with E-state index in [0.717, 1.165) is 24.3 Å². The molecule has 1 atom stereocenters. The van der Waals surface area contributed by atoms with E-state index in [1.165, 1.54) is 0 Å². The number of amides is 1. The Bertz CT molecular complexity index is 644. The number of aromatic nitrogens is 4. The molecular formula is C14H19ClN6O. The first-order valence-electron chi connectivity index (χ1n) is 6.96. The highest BCUT2D eigenvalue weighted by molar-refractivity contribution is 5.93. The minimum Gasteiger partial charge on any atom is -0.328 e. The van der Waals surface area contributed by atoms with E-state index in [9.17, 15) is 4.79 Å². The molecule has 1 aliphatic heterocycles. The molecule has 0 bridgehead atoms. The summed E-state index contributed by atoms with van der Waals surface area (Å²) in [5.41, 5.74) is 2.23. The molecule has 1 aliphatic rings. The lowest BCUT2D eigenvalue weighted by Crippen LogP contribution is -2.49. The molecule has 2 aromatic heterocycles. The lowest BCUT2D eigenvalue weighted by Gasteiger charge is -2.36. The third-order valence-corrected chi connectivity index (χ3v) is 3.88. The van der Waals surface area contributed by atoms with Crippen molar-refractivity contribution in [2.45, 2.75) is 13.0 Å². The number of nitrogens with one attached hydrogen (secondary N) is 1. The zero-order valence-electron chi connectivity index (χ0n) is 12.6. The summed E-state index contributed by atoms with van der Waals surface area (Å²) in [5.74, 6) is -0.0732. The maximum absolute atomic E-state index is 12.8. The summed E-state index contributed by atoms with van der Waals surface area (Å²) in [5, 5.41) is 11.3. The smallest absolute Gasteiger partial charge is 0.276 e. The Morgan fingerprint density at radius 3 is 2.91 bits per heavy atom. The largest absolute Gasteiger partial charge is 0.328 e. The molecule has 1 N–H and O–H groups in total. The quantitative estimate of drug-likeness (QED) is 0.882. The summed E-state index contributed by atoms with van der Waals surface area (Å²) < 4.78 is 1.62. The van der Waals surface area contributed by atoms with E-state index in [4.69, 9.17) is 0 Å². The fraction of sp³-hybridized carbons (Fsp3) is 0.429. The van der Waals surface area contributed by atoms with E-state index in [0.29, 0.717) is 12.2 Å². The molecule has 0 radical (unpaired) electrons. The normalized spacial score (nSPS) is 17.9. The Kier molecular flexibility index (Phi) is 5.10. The Hall–Kier alpha value is -1.99. The molecular weight excluding hydrogens is 304 g/mol. The summed E-state index contributed by atoms with van der Waals surface area (Å²) in [4.78, 5) is 18.8. The highest BCUT2D eigenvalue weighted by Gasteiger charge is 2.31. The summed E-state index contributed by atoms with van der Waals surface area (Å²) in [7, 11) is 1.79. The van der Waals surface area contributed by atoms with Gasteiger partial charge in [0.1, 0.15) is 0 Å². The van der Waals surface area contributed by atoms with E-state index in [2.05, 4.69) is 20.6 Å². The zero-order chi connectivity index (χ0) is 14.8. The van der Waals surface area contributed by atoms with Gasteiger partial charge in [-0.2, -0.15) is 0 Å². The van der Waals surface area contributed by atoms with Crippen LogP contribution in [-0.4, -0.2) is 50.4 Å². The third kappa shape index (κ3) is 2.95. The van der Waals surface area contributed by atoms with Gasteiger partial charge in [0.2, 0.25) is 0 Å². The molecule has 3 heterocycles. The number of carbonyl (C=O) groups is 1. The average Bonchev–Trinajstić information content (AvgIpc) is 2.87. The molecule has 8 heteroatoms. The average molecular weight is 323 g/mol. The maximum Gasteiger partial charge on any atom is 0.276 e. The van der Waals surface area contributed by atoms with E-state index in [1.54, 1.807) is 17.9 Å². The van der Waals surface area contributed by atoms with Crippen LogP contribution in [0.25, 0.3) is 0 Å². The lowest BCUT2D eigenvalue weighted by atomic mass is 10.0. The molecule has 7 nitrogen and oxygen atoms in total. The van der Waals surface area contributed by atoms with Crippen LogP contribution in [0.1, 0.15) is 27.8 Å². The van der Waals surface area contributed by atoms with Gasteiger partial charge in [0.15, 0.2) is 5.69 Å². The van der Waals surface area contributed by atoms with Gasteiger partial charge in [0.05, 0.1) is 11.7 Å². The minimum absolute atomic E-state index is 0. The van der Waals surface area contributed by atoms with Crippen molar-refractivity contribution in [2.24, 2.45) is 7.05 Å². The van der Waals surface area contributed by atoms with E-state index < -0.39 is 0 Å². The number of piperazine rings is 1. The Balaban J connectivity index is 0.00000176. The summed E-state index contributed by atoms with van der Waals surface area (Å²) in [6, 6.07) is 3.86. The molecule has 1 fully saturated rings. The molecule has 0 aromatic carbocycles. The van der Waals surface area contributed by atoms with E-state index in [-0.39, 0.29) is 24.4 Å². The highest BCUT2D eigenvalue weighted by Crippen LogP contribution is 2.23. The lowest BCUT2D eigenvalue weighted by molar-refractivity contribution is 0.0627. The Labute approximate surface area is 135 Å². The molecule has 1 amide bonds. The van der Waals surface area contributed by atoms with Crippen molar-refractivity contribution in [1.29, 1.82) is 0 Å². The number of nitrogens with zero attached hydrogens (tertiary/aromatic N) is 5. The predicted octanol–water partition coefficient (Wildman–Crippen LogP) is 0.727. The number of hydrogen-bond donors (Lipinski definition) is 1. The van der Waals surface area contributed by atoms with Crippen LogP contribution in [0.5, 0.6) is 0 Å². The van der Waals surface area contributed by atoms with Gasteiger partial charge in [-0.1, -0.05) is 11.3 Å². The predicted molar refractivity (Wildman–Crippen MR) is 83.9 cm³/mol. The monoisotopic (exact) mass is 322 g/mol. The van der Waals surface area contributed by atoms with Crippen molar-refractivity contribution in [2.75, 3.05) is 19.6 Å². The van der Waals surface area contributed by atoms with Crippen molar-refractivity contribution in [3.8, 4) is 0 Å². The number of aryl methyl sites for hydroxylation is 1. The molecule has 3 rings (SSSR count). The van der Waals surface area contributed by atoms with Crippen LogP contribution in [-0.2, 0) is 7.05 Å². The van der Waals surface area contributed by atoms with Crippen LogP contribution in [0, 0.1) is 6.92 Å². The van der Waals surface area contributed by atoms with Crippen LogP contribution in [0.3, 0.4) is 0 Å². The molecule has 1 saturated heterocycles. The molecule has 0 aliphatic carbocycles. The number of hydrogen-bond acceptors (Lipinski definition) is 5. The first kappa shape index (κ1) is 16.4. The van der Waals surface area contributed by atoms with Gasteiger partial charge < -0.3 is 10.2 Å². The molecule has 2 aromatic rings. The number of rotatable bonds is 2. The molecule has 0 saturated carbocycles. The van der Waals surface area contributed by atoms with Crippen molar-refractivity contribution in [3.05, 3.63) is 41.5 Å². The molecule has 22 heavy (non-hydrogen) atoms. The fourth-order valence-corrected chi connectivity index (χ4v) is 2.56. The zero-order valence-corrected chi connectivity index (χ0v) is 13.4. The van der Waals surface area contributed by atoms with Crippen LogP contribution < -0.4 is 5.32 Å². The first-order chi connectivity index (χ1) is 10.2. The van der Waals surface area contributed by atoms with Gasteiger partial charge in [-0.3, -0.25) is 14.5 Å². The second-order valence-electron chi connectivity index (χ2n) is 5.15. The highest BCUT2D eigenvalue weighted by atomic mass is 35.5. The molecule has 0 spiro atoms. The van der Waals surface area contributed by atoms with E-state index >= 15 is 0 Å². The first-order valence-corrected chi connectivity index (χ1v) is 6.96. The summed E-state index contributed by atoms with van der Waals surface area (Å²) >= 11 is 0.